The minimum atomic E-state index is -0.318. The fourth-order valence-electron chi connectivity index (χ4n) is 2.91. The fraction of sp³-hybridized carbons (Fsp3) is 0.0952. The zero-order chi connectivity index (χ0) is 19.0. The van der Waals surface area contributed by atoms with Gasteiger partial charge in [-0.3, -0.25) is 9.20 Å². The quantitative estimate of drug-likeness (QED) is 0.589. The summed E-state index contributed by atoms with van der Waals surface area (Å²) in [5.41, 5.74) is 4.57. The number of fused-ring (bicyclic) bond motifs is 1. The van der Waals surface area contributed by atoms with Crippen LogP contribution < -0.4 is 5.32 Å². The van der Waals surface area contributed by atoms with E-state index in [2.05, 4.69) is 15.5 Å². The summed E-state index contributed by atoms with van der Waals surface area (Å²) in [5, 5.41) is 11.3. The first kappa shape index (κ1) is 16.9. The Hall–Kier alpha value is -3.54. The van der Waals surface area contributed by atoms with Crippen molar-refractivity contribution in [2.45, 2.75) is 13.8 Å². The Kier molecular flexibility index (Phi) is 4.16. The summed E-state index contributed by atoms with van der Waals surface area (Å²) in [6.07, 6.45) is 1.78. The molecule has 0 saturated carbocycles. The van der Waals surface area contributed by atoms with Gasteiger partial charge in [0.1, 0.15) is 5.82 Å². The monoisotopic (exact) mass is 360 g/mol. The lowest BCUT2D eigenvalue weighted by Gasteiger charge is -2.08. The highest BCUT2D eigenvalue weighted by Gasteiger charge is 2.16. The Morgan fingerprint density at radius 1 is 1.00 bits per heavy atom. The molecular formula is C21H17FN4O. The second-order valence-electron chi connectivity index (χ2n) is 6.40. The van der Waals surface area contributed by atoms with Gasteiger partial charge in [0.15, 0.2) is 11.5 Å². The third-order valence-electron chi connectivity index (χ3n) is 4.55. The number of amides is 1. The molecule has 0 bridgehead atoms. The number of carbonyl (C=O) groups is 1. The Morgan fingerprint density at radius 2 is 1.78 bits per heavy atom. The smallest absolute Gasteiger partial charge is 0.259 e. The van der Waals surface area contributed by atoms with Crippen molar-refractivity contribution in [1.82, 2.24) is 14.6 Å². The average molecular weight is 360 g/mol. The molecular weight excluding hydrogens is 343 g/mol. The lowest BCUT2D eigenvalue weighted by Crippen LogP contribution is -2.13. The fourth-order valence-corrected chi connectivity index (χ4v) is 2.91. The van der Waals surface area contributed by atoms with Crippen molar-refractivity contribution in [3.8, 4) is 11.4 Å². The van der Waals surface area contributed by atoms with Crippen LogP contribution in [0.5, 0.6) is 0 Å². The number of aryl methyl sites for hydroxylation is 2. The number of halogens is 1. The molecule has 2 aromatic heterocycles. The van der Waals surface area contributed by atoms with E-state index in [0.717, 1.165) is 22.4 Å². The van der Waals surface area contributed by atoms with E-state index in [4.69, 9.17) is 0 Å². The Bertz CT molecular complexity index is 1150. The third kappa shape index (κ3) is 3.17. The molecule has 0 aliphatic heterocycles. The van der Waals surface area contributed by atoms with Gasteiger partial charge in [0.05, 0.1) is 5.56 Å². The van der Waals surface area contributed by atoms with Gasteiger partial charge in [-0.15, -0.1) is 10.2 Å². The highest BCUT2D eigenvalue weighted by Crippen LogP contribution is 2.21. The van der Waals surface area contributed by atoms with Gasteiger partial charge in [0.25, 0.3) is 5.91 Å². The molecule has 5 nitrogen and oxygen atoms in total. The first-order valence-corrected chi connectivity index (χ1v) is 8.51. The van der Waals surface area contributed by atoms with E-state index in [9.17, 15) is 9.18 Å². The number of benzene rings is 2. The van der Waals surface area contributed by atoms with E-state index < -0.39 is 0 Å². The minimum Gasteiger partial charge on any atom is -0.322 e. The molecule has 1 N–H and O–H groups in total. The van der Waals surface area contributed by atoms with Crippen LogP contribution in [0.4, 0.5) is 10.1 Å². The lowest BCUT2D eigenvalue weighted by atomic mass is 10.1. The number of nitrogens with zero attached hydrogens (tertiary/aromatic N) is 3. The molecule has 4 aromatic rings. The first-order valence-electron chi connectivity index (χ1n) is 8.51. The van der Waals surface area contributed by atoms with Crippen LogP contribution in [0.3, 0.4) is 0 Å². The zero-order valence-corrected chi connectivity index (χ0v) is 14.9. The Labute approximate surface area is 155 Å². The predicted molar refractivity (Wildman–Crippen MR) is 102 cm³/mol. The van der Waals surface area contributed by atoms with Crippen LogP contribution in [0.2, 0.25) is 0 Å². The normalized spacial score (nSPS) is 10.9. The molecule has 2 heterocycles. The number of nitrogens with one attached hydrogen (secondary N) is 1. The molecule has 0 saturated heterocycles. The summed E-state index contributed by atoms with van der Waals surface area (Å²) in [7, 11) is 0. The topological polar surface area (TPSA) is 59.3 Å². The number of hydrogen-bond acceptors (Lipinski definition) is 3. The zero-order valence-electron chi connectivity index (χ0n) is 14.9. The van der Waals surface area contributed by atoms with Crippen LogP contribution >= 0.6 is 0 Å². The minimum absolute atomic E-state index is 0.262. The highest BCUT2D eigenvalue weighted by molar-refractivity contribution is 6.08. The molecule has 27 heavy (non-hydrogen) atoms. The van der Waals surface area contributed by atoms with Crippen molar-refractivity contribution in [2.24, 2.45) is 0 Å². The van der Waals surface area contributed by atoms with E-state index in [0.29, 0.717) is 17.0 Å². The summed E-state index contributed by atoms with van der Waals surface area (Å²) >= 11 is 0. The number of rotatable bonds is 3. The maximum atomic E-state index is 13.2. The van der Waals surface area contributed by atoms with E-state index in [1.807, 2.05) is 32.0 Å². The van der Waals surface area contributed by atoms with E-state index in [1.54, 1.807) is 34.9 Å². The van der Waals surface area contributed by atoms with Crippen LogP contribution in [-0.4, -0.2) is 20.5 Å². The van der Waals surface area contributed by atoms with Crippen molar-refractivity contribution < 1.29 is 9.18 Å². The van der Waals surface area contributed by atoms with Crippen molar-refractivity contribution in [3.05, 3.63) is 83.3 Å². The molecule has 6 heteroatoms. The standard InChI is InChI=1S/C21H17FN4O/c1-13-5-10-17(12-14(13)2)23-21(27)18-4-3-11-26-19(24-25-20(18)26)15-6-8-16(22)9-7-15/h3-12H,1-2H3,(H,23,27). The molecule has 0 aliphatic carbocycles. The van der Waals surface area contributed by atoms with E-state index in [-0.39, 0.29) is 11.7 Å². The molecule has 0 fully saturated rings. The number of carbonyl (C=O) groups excluding carboxylic acids is 1. The third-order valence-corrected chi connectivity index (χ3v) is 4.55. The summed E-state index contributed by atoms with van der Waals surface area (Å²) in [5.74, 6) is -0.0335. The highest BCUT2D eigenvalue weighted by atomic mass is 19.1. The van der Waals surface area contributed by atoms with Crippen molar-refractivity contribution >= 4 is 17.2 Å². The van der Waals surface area contributed by atoms with Crippen molar-refractivity contribution in [3.63, 3.8) is 0 Å². The Balaban J connectivity index is 1.71. The second-order valence-corrected chi connectivity index (χ2v) is 6.40. The SMILES string of the molecule is Cc1ccc(NC(=O)c2cccn3c(-c4ccc(F)cc4)nnc23)cc1C. The van der Waals surface area contributed by atoms with E-state index >= 15 is 0 Å². The van der Waals surface area contributed by atoms with Gasteiger partial charge >= 0.3 is 0 Å². The molecule has 4 rings (SSSR count). The van der Waals surface area contributed by atoms with Crippen LogP contribution in [0.1, 0.15) is 21.5 Å². The summed E-state index contributed by atoms with van der Waals surface area (Å²) in [6, 6.07) is 15.2. The molecule has 1 amide bonds. The van der Waals surface area contributed by atoms with Gasteiger partial charge in [-0.25, -0.2) is 4.39 Å². The average Bonchev–Trinajstić information content (AvgIpc) is 3.09. The number of anilines is 1. The summed E-state index contributed by atoms with van der Waals surface area (Å²) in [4.78, 5) is 12.8. The van der Waals surface area contributed by atoms with Gasteiger partial charge in [0, 0.05) is 17.4 Å². The maximum Gasteiger partial charge on any atom is 0.259 e. The van der Waals surface area contributed by atoms with Crippen LogP contribution in [-0.2, 0) is 0 Å². The molecule has 2 aromatic carbocycles. The number of aromatic nitrogens is 3. The molecule has 134 valence electrons. The second kappa shape index (κ2) is 6.64. The number of hydrogen-bond donors (Lipinski definition) is 1. The van der Waals surface area contributed by atoms with Crippen LogP contribution in [0.15, 0.2) is 60.8 Å². The first-order chi connectivity index (χ1) is 13.0. The lowest BCUT2D eigenvalue weighted by molar-refractivity contribution is 0.102. The van der Waals surface area contributed by atoms with Crippen molar-refractivity contribution in [2.75, 3.05) is 5.32 Å². The van der Waals surface area contributed by atoms with Crippen LogP contribution in [0, 0.1) is 19.7 Å². The maximum absolute atomic E-state index is 13.2. The van der Waals surface area contributed by atoms with Gasteiger partial charge < -0.3 is 5.32 Å². The largest absolute Gasteiger partial charge is 0.322 e. The summed E-state index contributed by atoms with van der Waals surface area (Å²) in [6.45, 7) is 4.02. The Morgan fingerprint density at radius 3 is 2.52 bits per heavy atom. The molecule has 0 atom stereocenters. The van der Waals surface area contributed by atoms with Gasteiger partial charge in [-0.1, -0.05) is 6.07 Å². The predicted octanol–water partition coefficient (Wildman–Crippen LogP) is 4.40. The molecule has 0 unspecified atom stereocenters. The van der Waals surface area contributed by atoms with Gasteiger partial charge in [-0.2, -0.15) is 0 Å². The van der Waals surface area contributed by atoms with Crippen molar-refractivity contribution in [1.29, 1.82) is 0 Å². The molecule has 0 radical (unpaired) electrons. The number of pyridine rings is 1. The molecule has 0 aliphatic rings. The van der Waals surface area contributed by atoms with E-state index in [1.165, 1.54) is 12.1 Å². The molecule has 0 spiro atoms. The van der Waals surface area contributed by atoms with Gasteiger partial charge in [-0.05, 0) is 73.5 Å². The van der Waals surface area contributed by atoms with Crippen LogP contribution in [0.25, 0.3) is 17.0 Å². The van der Waals surface area contributed by atoms with Gasteiger partial charge in [0.2, 0.25) is 0 Å². The summed E-state index contributed by atoms with van der Waals surface area (Å²) < 4.78 is 14.9.